The Morgan fingerprint density at radius 1 is 1.00 bits per heavy atom. The van der Waals surface area contributed by atoms with Crippen LogP contribution in [0.5, 0.6) is 0 Å². The van der Waals surface area contributed by atoms with Gasteiger partial charge in [0.25, 0.3) is 0 Å². The summed E-state index contributed by atoms with van der Waals surface area (Å²) in [5.74, 6) is 0.563. The zero-order valence-electron chi connectivity index (χ0n) is 19.6. The Morgan fingerprint density at radius 3 is 2.23 bits per heavy atom. The highest BCUT2D eigenvalue weighted by atomic mass is 35.5. The largest absolute Gasteiger partial charge is 0.300 e. The molecule has 1 saturated carbocycles. The number of aryl methyl sites for hydroxylation is 1. The van der Waals surface area contributed by atoms with Crippen molar-refractivity contribution in [3.8, 4) is 6.07 Å². The SMILES string of the molecule is CC#N.CCCN(CCc1ccccc1)C(C)CCc1ccc(C2CCCC2Cl)cc1. The van der Waals surface area contributed by atoms with Gasteiger partial charge < -0.3 is 4.90 Å². The Labute approximate surface area is 195 Å². The molecule has 2 nitrogen and oxygen atoms in total. The summed E-state index contributed by atoms with van der Waals surface area (Å²) in [7, 11) is 0. The van der Waals surface area contributed by atoms with E-state index in [0.717, 1.165) is 19.4 Å². The van der Waals surface area contributed by atoms with E-state index >= 15 is 0 Å². The molecule has 168 valence electrons. The Hall–Kier alpha value is -1.82. The van der Waals surface area contributed by atoms with Crippen LogP contribution in [-0.4, -0.2) is 29.4 Å². The lowest BCUT2D eigenvalue weighted by Gasteiger charge is -2.29. The molecule has 0 heterocycles. The number of hydrogen-bond donors (Lipinski definition) is 0. The van der Waals surface area contributed by atoms with Gasteiger partial charge in [-0.2, -0.15) is 5.26 Å². The molecule has 0 saturated heterocycles. The molecular formula is C28H39ClN2. The third-order valence-electron chi connectivity index (χ3n) is 6.35. The van der Waals surface area contributed by atoms with Crippen LogP contribution in [0.25, 0.3) is 0 Å². The molecule has 0 aliphatic heterocycles. The van der Waals surface area contributed by atoms with Gasteiger partial charge in [-0.3, -0.25) is 0 Å². The summed E-state index contributed by atoms with van der Waals surface area (Å²) in [6, 6.07) is 22.5. The molecule has 0 radical (unpaired) electrons. The van der Waals surface area contributed by atoms with Gasteiger partial charge in [-0.25, -0.2) is 0 Å². The van der Waals surface area contributed by atoms with Crippen LogP contribution in [0, 0.1) is 11.3 Å². The Morgan fingerprint density at radius 2 is 1.65 bits per heavy atom. The van der Waals surface area contributed by atoms with E-state index in [0.29, 0.717) is 17.3 Å². The molecule has 3 unspecified atom stereocenters. The summed E-state index contributed by atoms with van der Waals surface area (Å²) in [5.41, 5.74) is 4.33. The predicted molar refractivity (Wildman–Crippen MR) is 134 cm³/mol. The second-order valence-corrected chi connectivity index (χ2v) is 9.24. The quantitative estimate of drug-likeness (QED) is 0.362. The van der Waals surface area contributed by atoms with Gasteiger partial charge in [0.2, 0.25) is 0 Å². The summed E-state index contributed by atoms with van der Waals surface area (Å²) in [6.07, 6.45) is 8.42. The lowest BCUT2D eigenvalue weighted by atomic mass is 9.95. The zero-order chi connectivity index (χ0) is 22.5. The van der Waals surface area contributed by atoms with Crippen LogP contribution < -0.4 is 0 Å². The maximum absolute atomic E-state index is 7.32. The molecule has 0 bridgehead atoms. The van der Waals surface area contributed by atoms with Crippen LogP contribution in [0.3, 0.4) is 0 Å². The lowest BCUT2D eigenvalue weighted by Crippen LogP contribution is -2.35. The van der Waals surface area contributed by atoms with E-state index in [2.05, 4.69) is 73.3 Å². The number of rotatable bonds is 10. The lowest BCUT2D eigenvalue weighted by molar-refractivity contribution is 0.202. The molecule has 3 atom stereocenters. The van der Waals surface area contributed by atoms with Crippen molar-refractivity contribution in [2.75, 3.05) is 13.1 Å². The van der Waals surface area contributed by atoms with Crippen molar-refractivity contribution >= 4 is 11.6 Å². The molecule has 0 aromatic heterocycles. The van der Waals surface area contributed by atoms with Crippen LogP contribution >= 0.6 is 11.6 Å². The zero-order valence-corrected chi connectivity index (χ0v) is 20.3. The van der Waals surface area contributed by atoms with Crippen molar-refractivity contribution in [1.29, 1.82) is 5.26 Å². The summed E-state index contributed by atoms with van der Waals surface area (Å²) in [6.45, 7) is 8.45. The topological polar surface area (TPSA) is 27.0 Å². The average molecular weight is 439 g/mol. The van der Waals surface area contributed by atoms with Gasteiger partial charge in [0.15, 0.2) is 0 Å². The molecule has 3 rings (SSSR count). The van der Waals surface area contributed by atoms with Gasteiger partial charge in [-0.15, -0.1) is 11.6 Å². The van der Waals surface area contributed by atoms with Crippen LogP contribution in [-0.2, 0) is 12.8 Å². The standard InChI is InChI=1S/C26H36ClN.C2H3N/c1-3-19-28(20-18-22-8-5-4-6-9-22)21(2)12-13-23-14-16-24(17-15-23)25-10-7-11-26(25)27;1-2-3/h4-6,8-9,14-17,21,25-26H,3,7,10-13,18-20H2,1-2H3;1H3. The van der Waals surface area contributed by atoms with Gasteiger partial charge in [0, 0.05) is 30.8 Å². The maximum Gasteiger partial charge on any atom is 0.0587 e. The molecule has 2 aromatic rings. The fourth-order valence-corrected chi connectivity index (χ4v) is 4.96. The first-order valence-corrected chi connectivity index (χ1v) is 12.3. The molecular weight excluding hydrogens is 400 g/mol. The molecule has 0 amide bonds. The summed E-state index contributed by atoms with van der Waals surface area (Å²) < 4.78 is 0. The smallest absolute Gasteiger partial charge is 0.0587 e. The number of alkyl halides is 1. The van der Waals surface area contributed by atoms with Crippen molar-refractivity contribution in [3.05, 3.63) is 71.3 Å². The highest BCUT2D eigenvalue weighted by molar-refractivity contribution is 6.21. The van der Waals surface area contributed by atoms with E-state index in [9.17, 15) is 0 Å². The molecule has 1 fully saturated rings. The third-order valence-corrected chi connectivity index (χ3v) is 6.88. The van der Waals surface area contributed by atoms with Crippen LogP contribution in [0.4, 0.5) is 0 Å². The second kappa shape index (κ2) is 14.3. The minimum Gasteiger partial charge on any atom is -0.300 e. The normalized spacial score (nSPS) is 18.8. The van der Waals surface area contributed by atoms with Gasteiger partial charge in [0.1, 0.15) is 0 Å². The summed E-state index contributed by atoms with van der Waals surface area (Å²) in [4.78, 5) is 2.66. The van der Waals surface area contributed by atoms with Crippen LogP contribution in [0.15, 0.2) is 54.6 Å². The molecule has 31 heavy (non-hydrogen) atoms. The number of benzene rings is 2. The van der Waals surface area contributed by atoms with E-state index in [1.165, 1.54) is 62.3 Å². The first kappa shape index (κ1) is 25.4. The minimum absolute atomic E-state index is 0.332. The highest BCUT2D eigenvalue weighted by Gasteiger charge is 2.26. The fourth-order valence-electron chi connectivity index (χ4n) is 4.54. The molecule has 3 heteroatoms. The number of halogens is 1. The number of nitrogens with zero attached hydrogens (tertiary/aromatic N) is 2. The first-order valence-electron chi connectivity index (χ1n) is 11.9. The first-order chi connectivity index (χ1) is 15.1. The van der Waals surface area contributed by atoms with Crippen molar-refractivity contribution < 1.29 is 0 Å². The Kier molecular flexibility index (Phi) is 11.7. The van der Waals surface area contributed by atoms with Gasteiger partial charge in [-0.05, 0) is 68.7 Å². The van der Waals surface area contributed by atoms with Crippen LogP contribution in [0.2, 0.25) is 0 Å². The van der Waals surface area contributed by atoms with E-state index in [-0.39, 0.29) is 0 Å². The van der Waals surface area contributed by atoms with Crippen molar-refractivity contribution in [2.24, 2.45) is 0 Å². The van der Waals surface area contributed by atoms with Gasteiger partial charge >= 0.3 is 0 Å². The monoisotopic (exact) mass is 438 g/mol. The average Bonchev–Trinajstić information content (AvgIpc) is 3.22. The van der Waals surface area contributed by atoms with Crippen molar-refractivity contribution in [1.82, 2.24) is 4.90 Å². The predicted octanol–water partition coefficient (Wildman–Crippen LogP) is 7.37. The van der Waals surface area contributed by atoms with E-state index in [1.54, 1.807) is 6.07 Å². The van der Waals surface area contributed by atoms with E-state index in [1.807, 2.05) is 0 Å². The third kappa shape index (κ3) is 8.68. The number of hydrogen-bond acceptors (Lipinski definition) is 2. The van der Waals surface area contributed by atoms with Gasteiger partial charge in [0.05, 0.1) is 6.07 Å². The maximum atomic E-state index is 7.32. The van der Waals surface area contributed by atoms with Crippen molar-refractivity contribution in [3.63, 3.8) is 0 Å². The van der Waals surface area contributed by atoms with Gasteiger partial charge in [-0.1, -0.05) is 67.9 Å². The highest BCUT2D eigenvalue weighted by Crippen LogP contribution is 2.38. The Balaban J connectivity index is 0.00000107. The fraction of sp³-hybridized carbons (Fsp3) is 0.536. The van der Waals surface area contributed by atoms with Crippen molar-refractivity contribution in [2.45, 2.75) is 83.1 Å². The van der Waals surface area contributed by atoms with E-state index < -0.39 is 0 Å². The summed E-state index contributed by atoms with van der Waals surface area (Å²) >= 11 is 6.49. The summed E-state index contributed by atoms with van der Waals surface area (Å²) in [5, 5.41) is 7.65. The molecule has 1 aliphatic rings. The molecule has 1 aliphatic carbocycles. The van der Waals surface area contributed by atoms with E-state index in [4.69, 9.17) is 16.9 Å². The second-order valence-electron chi connectivity index (χ2n) is 8.68. The van der Waals surface area contributed by atoms with Crippen LogP contribution in [0.1, 0.15) is 75.5 Å². The molecule has 0 N–H and O–H groups in total. The number of nitriles is 1. The molecule has 2 aromatic carbocycles. The Bertz CT molecular complexity index is 766. The minimum atomic E-state index is 0.332. The molecule has 0 spiro atoms.